The van der Waals surface area contributed by atoms with Gasteiger partial charge >= 0.3 is 5.97 Å². The van der Waals surface area contributed by atoms with Gasteiger partial charge in [0.15, 0.2) is 0 Å². The molecule has 0 fully saturated rings. The van der Waals surface area contributed by atoms with Crippen LogP contribution in [0.4, 0.5) is 5.69 Å². The fourth-order valence-electron chi connectivity index (χ4n) is 2.71. The molecule has 0 aliphatic carbocycles. The van der Waals surface area contributed by atoms with Crippen molar-refractivity contribution in [3.05, 3.63) is 41.6 Å². The Morgan fingerprint density at radius 1 is 1.42 bits per heavy atom. The molecule has 3 rings (SSSR count). The monoisotopic (exact) mass is 258 g/mol. The Bertz CT molecular complexity index is 594. The first-order chi connectivity index (χ1) is 9.11. The summed E-state index contributed by atoms with van der Waals surface area (Å²) in [7, 11) is 3.28. The fourth-order valence-corrected chi connectivity index (χ4v) is 2.71. The van der Waals surface area contributed by atoms with Crippen molar-refractivity contribution in [2.24, 2.45) is 5.92 Å². The van der Waals surface area contributed by atoms with Crippen LogP contribution < -0.4 is 5.32 Å². The Balaban J connectivity index is 2.06. The Labute approximate surface area is 110 Å². The van der Waals surface area contributed by atoms with Crippen LogP contribution in [-0.2, 0) is 9.53 Å². The number of anilines is 1. The molecule has 2 atom stereocenters. The molecular weight excluding hydrogens is 244 g/mol. The van der Waals surface area contributed by atoms with Gasteiger partial charge in [0.05, 0.1) is 24.6 Å². The molecule has 98 valence electrons. The third-order valence-corrected chi connectivity index (χ3v) is 3.66. The molecule has 0 aromatic heterocycles. The van der Waals surface area contributed by atoms with Crippen molar-refractivity contribution in [3.63, 3.8) is 0 Å². The minimum Gasteiger partial charge on any atom is -0.465 e. The molecule has 2 heterocycles. The molecule has 0 bridgehead atoms. The molecule has 1 aromatic rings. The first kappa shape index (κ1) is 11.8. The number of benzene rings is 1. The number of carbonyl (C=O) groups excluding carboxylic acids is 2. The lowest BCUT2D eigenvalue weighted by Crippen LogP contribution is -2.35. The van der Waals surface area contributed by atoms with E-state index in [0.717, 1.165) is 5.56 Å². The van der Waals surface area contributed by atoms with E-state index in [4.69, 9.17) is 0 Å². The van der Waals surface area contributed by atoms with E-state index in [1.54, 1.807) is 12.1 Å². The van der Waals surface area contributed by atoms with Gasteiger partial charge in [-0.2, -0.15) is 0 Å². The molecule has 0 spiro atoms. The lowest BCUT2D eigenvalue weighted by molar-refractivity contribution is -0.120. The Morgan fingerprint density at radius 2 is 2.21 bits per heavy atom. The smallest absolute Gasteiger partial charge is 0.337 e. The summed E-state index contributed by atoms with van der Waals surface area (Å²) in [5, 5.41) is 2.85. The molecule has 1 amide bonds. The predicted octanol–water partition coefficient (Wildman–Crippen LogP) is 1.54. The molecule has 5 nitrogen and oxygen atoms in total. The van der Waals surface area contributed by atoms with Crippen molar-refractivity contribution in [1.82, 2.24) is 4.90 Å². The van der Waals surface area contributed by atoms with Crippen molar-refractivity contribution < 1.29 is 14.3 Å². The van der Waals surface area contributed by atoms with E-state index in [-0.39, 0.29) is 17.9 Å². The van der Waals surface area contributed by atoms with E-state index in [1.807, 2.05) is 30.3 Å². The van der Waals surface area contributed by atoms with E-state index >= 15 is 0 Å². The molecule has 19 heavy (non-hydrogen) atoms. The standard InChI is InChI=1S/C14H14N2O3/c1-16-6-5-10-12(16)9-4-3-8(14(18)19-2)7-11(9)15-13(10)17/h3-7,10,12H,1-2H3,(H,15,17). The van der Waals surface area contributed by atoms with Crippen LogP contribution in [0.3, 0.4) is 0 Å². The molecule has 2 aliphatic heterocycles. The molecule has 0 saturated heterocycles. The number of methoxy groups -OCH3 is 1. The molecule has 0 radical (unpaired) electrons. The van der Waals surface area contributed by atoms with Gasteiger partial charge in [-0.3, -0.25) is 4.79 Å². The molecule has 1 N–H and O–H groups in total. The molecule has 2 unspecified atom stereocenters. The summed E-state index contributed by atoms with van der Waals surface area (Å²) >= 11 is 0. The minimum absolute atomic E-state index is 0.00967. The van der Waals surface area contributed by atoms with E-state index < -0.39 is 5.97 Å². The Morgan fingerprint density at radius 3 is 2.95 bits per heavy atom. The lowest BCUT2D eigenvalue weighted by Gasteiger charge is -2.32. The zero-order valence-electron chi connectivity index (χ0n) is 10.7. The molecule has 0 saturated carbocycles. The van der Waals surface area contributed by atoms with E-state index in [0.29, 0.717) is 11.3 Å². The first-order valence-electron chi connectivity index (χ1n) is 6.05. The van der Waals surface area contributed by atoms with Crippen LogP contribution in [0.25, 0.3) is 0 Å². The number of hydrogen-bond donors (Lipinski definition) is 1. The minimum atomic E-state index is -0.405. The number of nitrogens with zero attached hydrogens (tertiary/aromatic N) is 1. The normalized spacial score (nSPS) is 23.7. The average Bonchev–Trinajstić information content (AvgIpc) is 2.80. The second-order valence-corrected chi connectivity index (χ2v) is 4.76. The number of fused-ring (bicyclic) bond motifs is 3. The van der Waals surface area contributed by atoms with Crippen LogP contribution in [-0.4, -0.2) is 30.9 Å². The van der Waals surface area contributed by atoms with Crippen LogP contribution in [0.5, 0.6) is 0 Å². The maximum Gasteiger partial charge on any atom is 0.337 e. The Hall–Kier alpha value is -2.30. The largest absolute Gasteiger partial charge is 0.465 e. The fraction of sp³-hybridized carbons (Fsp3) is 0.286. The maximum absolute atomic E-state index is 12.0. The van der Waals surface area contributed by atoms with E-state index in [1.165, 1.54) is 7.11 Å². The van der Waals surface area contributed by atoms with Crippen LogP contribution in [0, 0.1) is 5.92 Å². The number of rotatable bonds is 1. The number of amides is 1. The van der Waals surface area contributed by atoms with Crippen molar-refractivity contribution in [1.29, 1.82) is 0 Å². The van der Waals surface area contributed by atoms with Gasteiger partial charge in [-0.1, -0.05) is 12.1 Å². The van der Waals surface area contributed by atoms with Gasteiger partial charge in [0.1, 0.15) is 0 Å². The van der Waals surface area contributed by atoms with Crippen molar-refractivity contribution in [3.8, 4) is 0 Å². The molecular formula is C14H14N2O3. The van der Waals surface area contributed by atoms with Crippen molar-refractivity contribution in [2.45, 2.75) is 6.04 Å². The van der Waals surface area contributed by atoms with Crippen LogP contribution in [0.1, 0.15) is 22.0 Å². The zero-order valence-corrected chi connectivity index (χ0v) is 10.7. The summed E-state index contributed by atoms with van der Waals surface area (Å²) in [4.78, 5) is 25.6. The highest BCUT2D eigenvalue weighted by molar-refractivity contribution is 6.00. The number of hydrogen-bond acceptors (Lipinski definition) is 4. The molecule has 1 aromatic carbocycles. The third-order valence-electron chi connectivity index (χ3n) is 3.66. The predicted molar refractivity (Wildman–Crippen MR) is 69.5 cm³/mol. The summed E-state index contributed by atoms with van der Waals surface area (Å²) in [5.74, 6) is -0.612. The highest BCUT2D eigenvalue weighted by Crippen LogP contribution is 2.42. The van der Waals surface area contributed by atoms with Gasteiger partial charge in [-0.15, -0.1) is 0 Å². The summed E-state index contributed by atoms with van der Waals surface area (Å²) in [6.45, 7) is 0. The van der Waals surface area contributed by atoms with E-state index in [2.05, 4.69) is 10.1 Å². The van der Waals surface area contributed by atoms with Crippen LogP contribution in [0.15, 0.2) is 30.5 Å². The highest BCUT2D eigenvalue weighted by atomic mass is 16.5. The lowest BCUT2D eigenvalue weighted by atomic mass is 9.88. The van der Waals surface area contributed by atoms with E-state index in [9.17, 15) is 9.59 Å². The molecule has 2 aliphatic rings. The summed E-state index contributed by atoms with van der Waals surface area (Å²) in [5.41, 5.74) is 2.14. The highest BCUT2D eigenvalue weighted by Gasteiger charge is 2.39. The number of nitrogens with one attached hydrogen (secondary N) is 1. The maximum atomic E-state index is 12.0. The van der Waals surface area contributed by atoms with Gasteiger partial charge in [0.25, 0.3) is 0 Å². The van der Waals surface area contributed by atoms with Crippen molar-refractivity contribution >= 4 is 17.6 Å². The first-order valence-corrected chi connectivity index (χ1v) is 6.05. The number of ether oxygens (including phenoxy) is 1. The van der Waals surface area contributed by atoms with Gasteiger partial charge in [0.2, 0.25) is 5.91 Å². The average molecular weight is 258 g/mol. The second kappa shape index (κ2) is 4.12. The third kappa shape index (κ3) is 1.69. The van der Waals surface area contributed by atoms with Gasteiger partial charge in [-0.05, 0) is 23.9 Å². The topological polar surface area (TPSA) is 58.6 Å². The second-order valence-electron chi connectivity index (χ2n) is 4.76. The van der Waals surface area contributed by atoms with Crippen LogP contribution >= 0.6 is 0 Å². The Kier molecular flexibility index (Phi) is 2.55. The SMILES string of the molecule is COC(=O)c1ccc2c(c1)NC(=O)C1C=CN(C)C21. The van der Waals surface area contributed by atoms with Crippen LogP contribution in [0.2, 0.25) is 0 Å². The summed E-state index contributed by atoms with van der Waals surface area (Å²) in [6.07, 6.45) is 3.81. The summed E-state index contributed by atoms with van der Waals surface area (Å²) < 4.78 is 4.69. The van der Waals surface area contributed by atoms with Crippen molar-refractivity contribution in [2.75, 3.05) is 19.5 Å². The van der Waals surface area contributed by atoms with Gasteiger partial charge < -0.3 is 15.0 Å². The summed E-state index contributed by atoms with van der Waals surface area (Å²) in [6, 6.07) is 5.28. The zero-order chi connectivity index (χ0) is 13.6. The number of esters is 1. The van der Waals surface area contributed by atoms with Gasteiger partial charge in [0, 0.05) is 12.7 Å². The van der Waals surface area contributed by atoms with Gasteiger partial charge in [-0.25, -0.2) is 4.79 Å². The number of carbonyl (C=O) groups is 2. The quantitative estimate of drug-likeness (QED) is 0.776. The molecule has 5 heteroatoms.